The first-order chi connectivity index (χ1) is 67.0. The smallest absolute Gasteiger partial charge is 0.305 e. The second-order valence-corrected chi connectivity index (χ2v) is 44.0. The summed E-state index contributed by atoms with van der Waals surface area (Å²) >= 11 is 0. The molecular formula is C123H240N4O10. The molecule has 0 aliphatic rings. The number of unbranched alkanes of at least 4 members (excludes halogenated alkanes) is 50. The van der Waals surface area contributed by atoms with Crippen LogP contribution < -0.4 is 0 Å². The lowest BCUT2D eigenvalue weighted by atomic mass is 9.94. The molecule has 0 saturated carbocycles. The summed E-state index contributed by atoms with van der Waals surface area (Å²) in [6.45, 7) is 33.6. The Bertz CT molecular complexity index is 2510. The minimum absolute atomic E-state index is 0.00882. The number of amides is 2. The van der Waals surface area contributed by atoms with Gasteiger partial charge in [0.2, 0.25) is 11.8 Å². The van der Waals surface area contributed by atoms with Gasteiger partial charge in [-0.2, -0.15) is 0 Å². The second kappa shape index (κ2) is 104. The number of ether oxygens (including phenoxy) is 4. The third-order valence-electron chi connectivity index (χ3n) is 30.4. The zero-order valence-electron chi connectivity index (χ0n) is 94.5. The van der Waals surface area contributed by atoms with Gasteiger partial charge in [-0.05, 0) is 218 Å². The fourth-order valence-corrected chi connectivity index (χ4v) is 20.8. The maximum Gasteiger partial charge on any atom is 0.305 e. The van der Waals surface area contributed by atoms with Gasteiger partial charge in [0.15, 0.2) is 0 Å². The van der Waals surface area contributed by atoms with E-state index < -0.39 is 0 Å². The minimum atomic E-state index is -0.0117. The quantitative estimate of drug-likeness (QED) is 0.0324. The molecule has 0 bridgehead atoms. The summed E-state index contributed by atoms with van der Waals surface area (Å²) in [5, 5.41) is 0. The van der Waals surface area contributed by atoms with Crippen LogP contribution in [0.1, 0.15) is 635 Å². The molecular weight excluding hydrogens is 1690 g/mol. The Labute approximate surface area is 854 Å². The molecule has 0 heterocycles. The fourth-order valence-electron chi connectivity index (χ4n) is 20.8. The predicted molar refractivity (Wildman–Crippen MR) is 591 cm³/mol. The molecule has 0 N–H and O–H groups in total. The van der Waals surface area contributed by atoms with Gasteiger partial charge in [-0.15, -0.1) is 0 Å². The number of rotatable bonds is 111. The monoisotopic (exact) mass is 1930 g/mol. The predicted octanol–water partition coefficient (Wildman–Crippen LogP) is 36.7. The van der Waals surface area contributed by atoms with Crippen molar-refractivity contribution in [3.63, 3.8) is 0 Å². The van der Waals surface area contributed by atoms with Crippen molar-refractivity contribution in [2.75, 3.05) is 79.8 Å². The van der Waals surface area contributed by atoms with Crippen LogP contribution in [0, 0.1) is 29.6 Å². The average molecular weight is 1940 g/mol. The van der Waals surface area contributed by atoms with Gasteiger partial charge < -0.3 is 38.5 Å². The molecule has 14 nitrogen and oxygen atoms in total. The summed E-state index contributed by atoms with van der Waals surface area (Å²) in [5.74, 6) is 3.23. The Kier molecular flexibility index (Phi) is 102. The second-order valence-electron chi connectivity index (χ2n) is 44.0. The summed E-state index contributed by atoms with van der Waals surface area (Å²) in [5.41, 5.74) is 0. The summed E-state index contributed by atoms with van der Waals surface area (Å²) in [4.78, 5) is 90.8. The van der Waals surface area contributed by atoms with Crippen LogP contribution >= 0.6 is 0 Å². The van der Waals surface area contributed by atoms with E-state index in [0.29, 0.717) is 106 Å². The van der Waals surface area contributed by atoms with Gasteiger partial charge in [-0.1, -0.05) is 449 Å². The first kappa shape index (κ1) is 134. The van der Waals surface area contributed by atoms with E-state index >= 15 is 0 Å². The Morgan fingerprint density at radius 3 is 0.686 bits per heavy atom. The molecule has 2 amide bonds. The molecule has 0 spiro atoms. The number of nitrogens with zero attached hydrogens (tertiary/aromatic N) is 4. The molecule has 0 aliphatic heterocycles. The Balaban J connectivity index is 5.66. The van der Waals surface area contributed by atoms with Gasteiger partial charge in [0.1, 0.15) is 0 Å². The van der Waals surface area contributed by atoms with Crippen molar-refractivity contribution in [2.45, 2.75) is 647 Å². The van der Waals surface area contributed by atoms with Crippen LogP contribution in [-0.2, 0) is 47.7 Å². The van der Waals surface area contributed by atoms with E-state index in [-0.39, 0.29) is 36.0 Å². The van der Waals surface area contributed by atoms with Crippen LogP contribution in [0.2, 0.25) is 0 Å². The summed E-state index contributed by atoms with van der Waals surface area (Å²) in [7, 11) is 4.22. The summed E-state index contributed by atoms with van der Waals surface area (Å²) in [6.07, 6.45) is 98.7. The van der Waals surface area contributed by atoms with Crippen LogP contribution in [-0.4, -0.2) is 147 Å². The van der Waals surface area contributed by atoms with Crippen molar-refractivity contribution in [2.24, 2.45) is 29.6 Å². The van der Waals surface area contributed by atoms with Crippen LogP contribution in [0.3, 0.4) is 0 Å². The first-order valence-electron chi connectivity index (χ1n) is 61.6. The topological polar surface area (TPSA) is 152 Å². The van der Waals surface area contributed by atoms with E-state index in [2.05, 4.69) is 110 Å². The van der Waals surface area contributed by atoms with E-state index in [1.165, 1.54) is 360 Å². The maximum absolute atomic E-state index is 14.8. The van der Waals surface area contributed by atoms with Gasteiger partial charge in [0.05, 0.1) is 26.4 Å². The van der Waals surface area contributed by atoms with Crippen LogP contribution in [0.5, 0.6) is 0 Å². The van der Waals surface area contributed by atoms with Crippen molar-refractivity contribution >= 4 is 35.7 Å². The third kappa shape index (κ3) is 87.8. The molecule has 0 rings (SSSR count). The van der Waals surface area contributed by atoms with Gasteiger partial charge in [0, 0.05) is 63.7 Å². The zero-order chi connectivity index (χ0) is 100. The Morgan fingerprint density at radius 1 is 0.190 bits per heavy atom. The van der Waals surface area contributed by atoms with Crippen molar-refractivity contribution in [1.29, 1.82) is 0 Å². The Hall–Kier alpha value is -3.26. The Morgan fingerprint density at radius 2 is 0.401 bits per heavy atom. The first-order valence-corrected chi connectivity index (χ1v) is 61.6. The van der Waals surface area contributed by atoms with E-state index in [1.807, 2.05) is 0 Å². The van der Waals surface area contributed by atoms with Crippen molar-refractivity contribution in [3.05, 3.63) is 0 Å². The fraction of sp³-hybridized carbons (Fsp3) is 0.951. The summed E-state index contributed by atoms with van der Waals surface area (Å²) < 4.78 is 23.7. The highest BCUT2D eigenvalue weighted by Crippen LogP contribution is 2.30. The van der Waals surface area contributed by atoms with Crippen molar-refractivity contribution in [1.82, 2.24) is 19.6 Å². The van der Waals surface area contributed by atoms with Gasteiger partial charge >= 0.3 is 23.9 Å². The summed E-state index contributed by atoms with van der Waals surface area (Å²) in [6, 6.07) is 0.567. The molecule has 0 aromatic heterocycles. The van der Waals surface area contributed by atoms with Crippen molar-refractivity contribution < 1.29 is 47.7 Å². The van der Waals surface area contributed by atoms with Crippen LogP contribution in [0.25, 0.3) is 0 Å². The molecule has 0 aromatic carbocycles. The highest BCUT2D eigenvalue weighted by atomic mass is 16.5. The standard InChI is InChI=1S/C123H240N4O10/c1-14-25-35-65-86-112(83-30-19-6)107-134-120(130)97-74-60-50-46-56-70-91-116(92-71-57-47-51-61-75-98-121(131)135-108-113(84-31-20-7)87-66-36-26-15-2)126(118(128)95-78-80-104-125(102-33-22-9)103-34-23-10)105-79-64-54-44-42-40-39-41-43-45-55-69-90-115(89-68-38-28-17-4)110-137-123(133)100-77-63-53-49-59-73-94-117(127(106-111(24-11)82-29-18-5)119(129)96-81-101-124(12)13)93-72-58-48-52-62-76-99-122(132)136-109-114(85-32-21-8)88-67-37-27-16-3/h111-117H,14-110H2,1-13H3. The van der Waals surface area contributed by atoms with Crippen LogP contribution in [0.15, 0.2) is 0 Å². The van der Waals surface area contributed by atoms with Crippen molar-refractivity contribution in [3.8, 4) is 0 Å². The normalized spacial score (nSPS) is 13.3. The molecule has 0 aromatic rings. The SMILES string of the molecule is CCCCCCC(CCCC)COC(=O)CCCCCCCCC(CCCCCCCCC(=O)OCC(CCCC)CCCCCC)N(CCCCCCCCCCCCCCC(CCCCCC)COC(=O)CCCCCCCCC(CCCCCCCCC(=O)OCC(CCCC)CCCCCC)N(CC(CC)CCCC)C(=O)CCCN(C)C)C(=O)CCCCN(CCCC)CCCC. The number of hydrogen-bond acceptors (Lipinski definition) is 12. The molecule has 6 atom stereocenters. The van der Waals surface area contributed by atoms with E-state index in [9.17, 15) is 28.8 Å². The third-order valence-corrected chi connectivity index (χ3v) is 30.4. The molecule has 0 fully saturated rings. The molecule has 812 valence electrons. The van der Waals surface area contributed by atoms with E-state index in [0.717, 1.165) is 200 Å². The van der Waals surface area contributed by atoms with Gasteiger partial charge in [0.25, 0.3) is 0 Å². The number of carbonyl (C=O) groups excluding carboxylic acids is 6. The lowest BCUT2D eigenvalue weighted by Crippen LogP contribution is -2.43. The highest BCUT2D eigenvalue weighted by Gasteiger charge is 2.28. The number of hydrogen-bond donors (Lipinski definition) is 0. The highest BCUT2D eigenvalue weighted by molar-refractivity contribution is 5.77. The molecule has 14 heteroatoms. The molecule has 0 aliphatic carbocycles. The van der Waals surface area contributed by atoms with Gasteiger partial charge in [-0.25, -0.2) is 0 Å². The number of carbonyl (C=O) groups is 6. The maximum atomic E-state index is 14.8. The average Bonchev–Trinajstić information content (AvgIpc) is 0.856. The minimum Gasteiger partial charge on any atom is -0.465 e. The molecule has 0 saturated heterocycles. The lowest BCUT2D eigenvalue weighted by Gasteiger charge is -2.35. The molecule has 6 unspecified atom stereocenters. The van der Waals surface area contributed by atoms with Gasteiger partial charge in [-0.3, -0.25) is 28.8 Å². The molecule has 137 heavy (non-hydrogen) atoms. The van der Waals surface area contributed by atoms with E-state index in [1.54, 1.807) is 0 Å². The van der Waals surface area contributed by atoms with Crippen LogP contribution in [0.4, 0.5) is 0 Å². The molecule has 0 radical (unpaired) electrons. The largest absolute Gasteiger partial charge is 0.465 e. The number of esters is 4. The lowest BCUT2D eigenvalue weighted by molar-refractivity contribution is -0.146. The zero-order valence-corrected chi connectivity index (χ0v) is 94.5. The van der Waals surface area contributed by atoms with E-state index in [4.69, 9.17) is 18.9 Å².